The van der Waals surface area contributed by atoms with Crippen LogP contribution in [0.25, 0.3) is 0 Å². The van der Waals surface area contributed by atoms with E-state index in [4.69, 9.17) is 4.74 Å². The molecule has 27 heavy (non-hydrogen) atoms. The monoisotopic (exact) mass is 494 g/mol. The first-order valence-corrected chi connectivity index (χ1v) is 9.36. The highest BCUT2D eigenvalue weighted by molar-refractivity contribution is 14.0. The van der Waals surface area contributed by atoms with E-state index in [2.05, 4.69) is 33.8 Å². The van der Waals surface area contributed by atoms with Crippen molar-refractivity contribution in [2.24, 2.45) is 4.99 Å². The van der Waals surface area contributed by atoms with E-state index in [1.165, 1.54) is 11.1 Å². The SMILES string of the molecule is CN=C(NCCc1ccc2c(c1)CCO2)NC1CCN(CC(F)F)CC1.I. The van der Waals surface area contributed by atoms with Gasteiger partial charge in [-0.15, -0.1) is 24.0 Å². The fourth-order valence-corrected chi connectivity index (χ4v) is 3.56. The molecule has 0 amide bonds. The van der Waals surface area contributed by atoms with Gasteiger partial charge in [0.2, 0.25) is 0 Å². The van der Waals surface area contributed by atoms with E-state index in [-0.39, 0.29) is 36.6 Å². The molecule has 8 heteroatoms. The lowest BCUT2D eigenvalue weighted by Gasteiger charge is -2.32. The number of hydrogen-bond donors (Lipinski definition) is 2. The molecule has 0 radical (unpaired) electrons. The zero-order valence-electron chi connectivity index (χ0n) is 15.7. The molecule has 1 saturated heterocycles. The molecule has 3 rings (SSSR count). The standard InChI is InChI=1S/C19H28F2N4O.HI/c1-22-19(24-16-5-9-25(10-6-16)13-18(20)21)23-8-4-14-2-3-17-15(12-14)7-11-26-17;/h2-3,12,16,18H,4-11,13H2,1H3,(H2,22,23,24);1H. The summed E-state index contributed by atoms with van der Waals surface area (Å²) in [5, 5.41) is 6.76. The third-order valence-corrected chi connectivity index (χ3v) is 5.01. The highest BCUT2D eigenvalue weighted by atomic mass is 127. The second-order valence-corrected chi connectivity index (χ2v) is 6.90. The molecule has 2 aliphatic rings. The topological polar surface area (TPSA) is 48.9 Å². The van der Waals surface area contributed by atoms with E-state index in [0.717, 1.165) is 50.5 Å². The summed E-state index contributed by atoms with van der Waals surface area (Å²) >= 11 is 0. The lowest BCUT2D eigenvalue weighted by Crippen LogP contribution is -2.49. The number of nitrogens with one attached hydrogen (secondary N) is 2. The first-order valence-electron chi connectivity index (χ1n) is 9.36. The Bertz CT molecular complexity index is 622. The van der Waals surface area contributed by atoms with Gasteiger partial charge in [-0.05, 0) is 36.5 Å². The molecule has 2 aliphatic heterocycles. The van der Waals surface area contributed by atoms with Crippen molar-refractivity contribution in [2.75, 3.05) is 39.8 Å². The van der Waals surface area contributed by atoms with Gasteiger partial charge in [0.25, 0.3) is 6.43 Å². The molecular formula is C19H29F2IN4O. The molecule has 0 aliphatic carbocycles. The van der Waals surface area contributed by atoms with Crippen LogP contribution in [0, 0.1) is 0 Å². The molecule has 1 aromatic carbocycles. The van der Waals surface area contributed by atoms with E-state index >= 15 is 0 Å². The number of alkyl halides is 2. The first kappa shape index (κ1) is 22.1. The van der Waals surface area contributed by atoms with Gasteiger partial charge in [0.15, 0.2) is 5.96 Å². The second kappa shape index (κ2) is 11.0. The summed E-state index contributed by atoms with van der Waals surface area (Å²) in [6.07, 6.45) is 1.38. The lowest BCUT2D eigenvalue weighted by atomic mass is 10.1. The Balaban J connectivity index is 0.00000261. The second-order valence-electron chi connectivity index (χ2n) is 6.90. The van der Waals surface area contributed by atoms with E-state index in [1.54, 1.807) is 7.05 Å². The van der Waals surface area contributed by atoms with Crippen LogP contribution in [-0.4, -0.2) is 63.2 Å². The van der Waals surface area contributed by atoms with E-state index < -0.39 is 6.43 Å². The van der Waals surface area contributed by atoms with Gasteiger partial charge in [0, 0.05) is 39.1 Å². The smallest absolute Gasteiger partial charge is 0.251 e. The Kier molecular flexibility index (Phi) is 9.01. The molecule has 0 bridgehead atoms. The Hall–Kier alpha value is -1.16. The number of nitrogens with zero attached hydrogens (tertiary/aromatic N) is 2. The van der Waals surface area contributed by atoms with Crippen LogP contribution in [0.3, 0.4) is 0 Å². The van der Waals surface area contributed by atoms with Crippen LogP contribution in [0.1, 0.15) is 24.0 Å². The van der Waals surface area contributed by atoms with Crippen molar-refractivity contribution >= 4 is 29.9 Å². The summed E-state index contributed by atoms with van der Waals surface area (Å²) in [5.41, 5.74) is 2.58. The van der Waals surface area contributed by atoms with Crippen molar-refractivity contribution in [3.8, 4) is 5.75 Å². The molecular weight excluding hydrogens is 465 g/mol. The molecule has 1 aromatic rings. The fourth-order valence-electron chi connectivity index (χ4n) is 3.56. The number of ether oxygens (including phenoxy) is 1. The number of halogens is 3. The van der Waals surface area contributed by atoms with Gasteiger partial charge in [0.1, 0.15) is 5.75 Å². The van der Waals surface area contributed by atoms with Gasteiger partial charge in [0.05, 0.1) is 13.2 Å². The molecule has 2 N–H and O–H groups in total. The van der Waals surface area contributed by atoms with Gasteiger partial charge in [-0.2, -0.15) is 0 Å². The largest absolute Gasteiger partial charge is 0.493 e. The molecule has 0 spiro atoms. The van der Waals surface area contributed by atoms with Crippen molar-refractivity contribution in [3.63, 3.8) is 0 Å². The summed E-state index contributed by atoms with van der Waals surface area (Å²) in [6, 6.07) is 6.67. The summed E-state index contributed by atoms with van der Waals surface area (Å²) in [4.78, 5) is 6.11. The molecule has 2 heterocycles. The number of piperidine rings is 1. The van der Waals surface area contributed by atoms with E-state index in [1.807, 2.05) is 4.90 Å². The molecule has 1 fully saturated rings. The Morgan fingerprint density at radius 3 is 2.81 bits per heavy atom. The number of likely N-dealkylation sites (tertiary alicyclic amines) is 1. The summed E-state index contributed by atoms with van der Waals surface area (Å²) in [5.74, 6) is 1.79. The predicted octanol–water partition coefficient (Wildman–Crippen LogP) is 2.68. The lowest BCUT2D eigenvalue weighted by molar-refractivity contribution is 0.0744. The molecule has 0 unspecified atom stereocenters. The normalized spacial score (nSPS) is 18.0. The quantitative estimate of drug-likeness (QED) is 0.363. The minimum Gasteiger partial charge on any atom is -0.493 e. The van der Waals surface area contributed by atoms with Crippen LogP contribution in [0.4, 0.5) is 8.78 Å². The zero-order chi connectivity index (χ0) is 18.4. The summed E-state index contributed by atoms with van der Waals surface area (Å²) in [7, 11) is 1.76. The maximum atomic E-state index is 12.4. The molecule has 0 atom stereocenters. The average Bonchev–Trinajstić information content (AvgIpc) is 3.09. The third kappa shape index (κ3) is 6.74. The predicted molar refractivity (Wildman–Crippen MR) is 115 cm³/mol. The van der Waals surface area contributed by atoms with Crippen LogP contribution in [0.5, 0.6) is 5.75 Å². The van der Waals surface area contributed by atoms with Crippen LogP contribution in [0.15, 0.2) is 23.2 Å². The van der Waals surface area contributed by atoms with Gasteiger partial charge >= 0.3 is 0 Å². The van der Waals surface area contributed by atoms with Crippen LogP contribution >= 0.6 is 24.0 Å². The highest BCUT2D eigenvalue weighted by Crippen LogP contribution is 2.25. The van der Waals surface area contributed by atoms with Gasteiger partial charge < -0.3 is 15.4 Å². The Labute approximate surface area is 177 Å². The number of guanidine groups is 1. The van der Waals surface area contributed by atoms with E-state index in [9.17, 15) is 8.78 Å². The molecule has 0 saturated carbocycles. The third-order valence-electron chi connectivity index (χ3n) is 5.01. The van der Waals surface area contributed by atoms with Crippen molar-refractivity contribution in [1.29, 1.82) is 0 Å². The molecule has 5 nitrogen and oxygen atoms in total. The van der Waals surface area contributed by atoms with Crippen molar-refractivity contribution in [2.45, 2.75) is 38.2 Å². The number of aliphatic imine (C=N–C) groups is 1. The molecule has 0 aromatic heterocycles. The Morgan fingerprint density at radius 1 is 1.33 bits per heavy atom. The maximum Gasteiger partial charge on any atom is 0.251 e. The number of benzene rings is 1. The maximum absolute atomic E-state index is 12.4. The van der Waals surface area contributed by atoms with Gasteiger partial charge in [-0.25, -0.2) is 8.78 Å². The zero-order valence-corrected chi connectivity index (χ0v) is 18.0. The number of hydrogen-bond acceptors (Lipinski definition) is 3. The first-order chi connectivity index (χ1) is 12.6. The minimum absolute atomic E-state index is 0. The summed E-state index contributed by atoms with van der Waals surface area (Å²) < 4.78 is 30.4. The molecule has 152 valence electrons. The van der Waals surface area contributed by atoms with Crippen molar-refractivity contribution in [3.05, 3.63) is 29.3 Å². The number of fused-ring (bicyclic) bond motifs is 1. The average molecular weight is 494 g/mol. The number of rotatable bonds is 6. The highest BCUT2D eigenvalue weighted by Gasteiger charge is 2.21. The fraction of sp³-hybridized carbons (Fsp3) is 0.632. The van der Waals surface area contributed by atoms with Crippen LogP contribution in [-0.2, 0) is 12.8 Å². The van der Waals surface area contributed by atoms with Crippen molar-refractivity contribution < 1.29 is 13.5 Å². The van der Waals surface area contributed by atoms with Gasteiger partial charge in [-0.1, -0.05) is 12.1 Å². The Morgan fingerprint density at radius 2 is 2.11 bits per heavy atom. The van der Waals surface area contributed by atoms with Crippen LogP contribution in [0.2, 0.25) is 0 Å². The van der Waals surface area contributed by atoms with Gasteiger partial charge in [-0.3, -0.25) is 9.89 Å². The summed E-state index contributed by atoms with van der Waals surface area (Å²) in [6.45, 7) is 2.87. The minimum atomic E-state index is -2.25. The van der Waals surface area contributed by atoms with E-state index in [0.29, 0.717) is 13.1 Å². The van der Waals surface area contributed by atoms with Crippen LogP contribution < -0.4 is 15.4 Å². The van der Waals surface area contributed by atoms with Crippen molar-refractivity contribution in [1.82, 2.24) is 15.5 Å².